The van der Waals surface area contributed by atoms with Gasteiger partial charge in [0.15, 0.2) is 11.2 Å². The Hall–Kier alpha value is -2.19. The van der Waals surface area contributed by atoms with Gasteiger partial charge in [-0.3, -0.25) is 9.80 Å². The number of nitrogens with one attached hydrogen (secondary N) is 2. The summed E-state index contributed by atoms with van der Waals surface area (Å²) in [5.74, 6) is 0.703. The predicted octanol–water partition coefficient (Wildman–Crippen LogP) is 4.08. The first-order chi connectivity index (χ1) is 13.1. The van der Waals surface area contributed by atoms with Gasteiger partial charge >= 0.3 is 0 Å². The largest absolute Gasteiger partial charge is 0.494 e. The SMILES string of the molecule is CCOc1ccc(Br)c([C@H]2Nc3ccccc3[C@@H]3C(=O)NC(SC)=NN23)c1. The van der Waals surface area contributed by atoms with Crippen LogP contribution >= 0.6 is 27.7 Å². The number of nitrogens with zero attached hydrogens (tertiary/aromatic N) is 2. The number of benzene rings is 2. The first-order valence-corrected chi connectivity index (χ1v) is 10.6. The zero-order chi connectivity index (χ0) is 19.0. The van der Waals surface area contributed by atoms with Crippen molar-refractivity contribution in [2.24, 2.45) is 5.10 Å². The zero-order valence-electron chi connectivity index (χ0n) is 14.9. The van der Waals surface area contributed by atoms with Gasteiger partial charge in [-0.1, -0.05) is 45.9 Å². The van der Waals surface area contributed by atoms with E-state index in [1.54, 1.807) is 0 Å². The fourth-order valence-electron chi connectivity index (χ4n) is 3.35. The van der Waals surface area contributed by atoms with Crippen molar-refractivity contribution in [3.63, 3.8) is 0 Å². The van der Waals surface area contributed by atoms with Crippen molar-refractivity contribution >= 4 is 44.5 Å². The summed E-state index contributed by atoms with van der Waals surface area (Å²) in [7, 11) is 0. The van der Waals surface area contributed by atoms with Crippen molar-refractivity contribution < 1.29 is 9.53 Å². The molecular formula is C19H19BrN4O2S. The number of fused-ring (bicyclic) bond motifs is 3. The minimum atomic E-state index is -0.494. The maximum absolute atomic E-state index is 12.9. The van der Waals surface area contributed by atoms with Crippen LogP contribution in [0.3, 0.4) is 0 Å². The Morgan fingerprint density at radius 2 is 2.07 bits per heavy atom. The summed E-state index contributed by atoms with van der Waals surface area (Å²) in [6.45, 7) is 2.54. The van der Waals surface area contributed by atoms with Gasteiger partial charge < -0.3 is 15.4 Å². The van der Waals surface area contributed by atoms with Gasteiger partial charge in [0, 0.05) is 21.3 Å². The molecule has 4 rings (SSSR count). The third kappa shape index (κ3) is 3.27. The van der Waals surface area contributed by atoms with E-state index in [9.17, 15) is 4.79 Å². The van der Waals surface area contributed by atoms with Crippen molar-refractivity contribution in [3.05, 3.63) is 58.1 Å². The summed E-state index contributed by atoms with van der Waals surface area (Å²) >= 11 is 5.06. The summed E-state index contributed by atoms with van der Waals surface area (Å²) in [5, 5.41) is 13.5. The van der Waals surface area contributed by atoms with E-state index in [2.05, 4.69) is 26.6 Å². The molecule has 0 aliphatic carbocycles. The average molecular weight is 447 g/mol. The number of amides is 1. The van der Waals surface area contributed by atoms with E-state index in [1.165, 1.54) is 11.8 Å². The van der Waals surface area contributed by atoms with E-state index in [-0.39, 0.29) is 12.1 Å². The maximum atomic E-state index is 12.9. The highest BCUT2D eigenvalue weighted by Crippen LogP contribution is 2.44. The molecule has 0 bridgehead atoms. The van der Waals surface area contributed by atoms with Crippen molar-refractivity contribution in [2.75, 3.05) is 18.2 Å². The Labute approximate surface area is 170 Å². The van der Waals surface area contributed by atoms with E-state index in [0.29, 0.717) is 11.8 Å². The summed E-state index contributed by atoms with van der Waals surface area (Å²) < 4.78 is 6.60. The Balaban J connectivity index is 1.85. The lowest BCUT2D eigenvalue weighted by atomic mass is 9.97. The number of ether oxygens (including phenoxy) is 1. The van der Waals surface area contributed by atoms with Gasteiger partial charge in [-0.05, 0) is 37.4 Å². The van der Waals surface area contributed by atoms with E-state index >= 15 is 0 Å². The van der Waals surface area contributed by atoms with Crippen LogP contribution in [0.15, 0.2) is 52.0 Å². The minimum absolute atomic E-state index is 0.0783. The number of anilines is 1. The predicted molar refractivity (Wildman–Crippen MR) is 112 cm³/mol. The lowest BCUT2D eigenvalue weighted by Crippen LogP contribution is -2.50. The molecule has 0 unspecified atom stereocenters. The smallest absolute Gasteiger partial charge is 0.255 e. The molecule has 2 N–H and O–H groups in total. The molecule has 0 radical (unpaired) electrons. The molecule has 2 atom stereocenters. The second-order valence-electron chi connectivity index (χ2n) is 6.13. The molecule has 0 aromatic heterocycles. The monoisotopic (exact) mass is 446 g/mol. The van der Waals surface area contributed by atoms with E-state index < -0.39 is 6.04 Å². The third-order valence-electron chi connectivity index (χ3n) is 4.53. The first-order valence-electron chi connectivity index (χ1n) is 8.62. The zero-order valence-corrected chi connectivity index (χ0v) is 17.3. The minimum Gasteiger partial charge on any atom is -0.494 e. The summed E-state index contributed by atoms with van der Waals surface area (Å²) in [4.78, 5) is 12.9. The molecule has 0 fully saturated rings. The molecule has 140 valence electrons. The fourth-order valence-corrected chi connectivity index (χ4v) is 4.19. The molecule has 2 aromatic carbocycles. The van der Waals surface area contributed by atoms with Crippen LogP contribution in [0.1, 0.15) is 30.3 Å². The number of para-hydroxylation sites is 1. The topological polar surface area (TPSA) is 66.0 Å². The van der Waals surface area contributed by atoms with Crippen molar-refractivity contribution in [3.8, 4) is 5.75 Å². The normalized spacial score (nSPS) is 20.8. The van der Waals surface area contributed by atoms with Crippen LogP contribution in [-0.2, 0) is 4.79 Å². The number of hydrogen-bond donors (Lipinski definition) is 2. The molecule has 0 spiro atoms. The molecule has 27 heavy (non-hydrogen) atoms. The number of rotatable bonds is 3. The molecule has 0 saturated heterocycles. The Morgan fingerprint density at radius 1 is 1.26 bits per heavy atom. The van der Waals surface area contributed by atoms with Gasteiger partial charge in [0.2, 0.25) is 0 Å². The number of hydrogen-bond acceptors (Lipinski definition) is 6. The molecule has 6 nitrogen and oxygen atoms in total. The van der Waals surface area contributed by atoms with Gasteiger partial charge in [0.25, 0.3) is 5.91 Å². The average Bonchev–Trinajstić information content (AvgIpc) is 2.68. The maximum Gasteiger partial charge on any atom is 0.255 e. The quantitative estimate of drug-likeness (QED) is 0.743. The number of halogens is 1. The molecule has 1 amide bonds. The highest BCUT2D eigenvalue weighted by Gasteiger charge is 2.42. The van der Waals surface area contributed by atoms with E-state index in [4.69, 9.17) is 9.84 Å². The van der Waals surface area contributed by atoms with Gasteiger partial charge in [0.1, 0.15) is 11.9 Å². The van der Waals surface area contributed by atoms with E-state index in [0.717, 1.165) is 27.0 Å². The number of amidine groups is 1. The van der Waals surface area contributed by atoms with Crippen molar-refractivity contribution in [2.45, 2.75) is 19.1 Å². The lowest BCUT2D eigenvalue weighted by molar-refractivity contribution is -0.127. The second kappa shape index (κ2) is 7.44. The molecule has 2 aromatic rings. The Morgan fingerprint density at radius 3 is 2.85 bits per heavy atom. The number of hydrazone groups is 1. The van der Waals surface area contributed by atoms with Crippen LogP contribution in [0, 0.1) is 0 Å². The second-order valence-corrected chi connectivity index (χ2v) is 7.78. The van der Waals surface area contributed by atoms with Gasteiger partial charge in [-0.25, -0.2) is 0 Å². The summed E-state index contributed by atoms with van der Waals surface area (Å²) in [5.41, 5.74) is 2.79. The summed E-state index contributed by atoms with van der Waals surface area (Å²) in [6, 6.07) is 13.2. The van der Waals surface area contributed by atoms with Crippen LogP contribution < -0.4 is 15.4 Å². The molecule has 2 heterocycles. The first kappa shape index (κ1) is 18.2. The number of carbonyl (C=O) groups is 1. The molecule has 8 heteroatoms. The van der Waals surface area contributed by atoms with Crippen molar-refractivity contribution in [1.29, 1.82) is 0 Å². The van der Waals surface area contributed by atoms with Crippen LogP contribution in [0.25, 0.3) is 0 Å². The molecule has 2 aliphatic rings. The molecule has 2 aliphatic heterocycles. The highest BCUT2D eigenvalue weighted by atomic mass is 79.9. The third-order valence-corrected chi connectivity index (χ3v) is 5.82. The van der Waals surface area contributed by atoms with Gasteiger partial charge in [0.05, 0.1) is 6.61 Å². The van der Waals surface area contributed by atoms with Crippen LogP contribution in [-0.4, -0.2) is 28.9 Å². The van der Waals surface area contributed by atoms with Gasteiger partial charge in [-0.2, -0.15) is 0 Å². The van der Waals surface area contributed by atoms with Crippen LogP contribution in [0.5, 0.6) is 5.75 Å². The standard InChI is InChI=1S/C19H19BrN4O2S/c1-3-26-11-8-9-14(20)13(10-11)17-21-15-7-5-4-6-12(15)16-18(25)22-19(27-2)23-24(16)17/h4-10,16-17,21H,3H2,1-2H3,(H,22,23,25)/t16-,17+/m1/s1. The Kier molecular flexibility index (Phi) is 5.01. The Bertz CT molecular complexity index is 920. The highest BCUT2D eigenvalue weighted by molar-refractivity contribution is 9.10. The van der Waals surface area contributed by atoms with Crippen molar-refractivity contribution in [1.82, 2.24) is 10.3 Å². The van der Waals surface area contributed by atoms with Gasteiger partial charge in [-0.15, -0.1) is 5.10 Å². The van der Waals surface area contributed by atoms with E-state index in [1.807, 2.05) is 60.7 Å². The fraction of sp³-hybridized carbons (Fsp3) is 0.263. The van der Waals surface area contributed by atoms with Crippen LogP contribution in [0.4, 0.5) is 5.69 Å². The molecule has 0 saturated carbocycles. The van der Waals surface area contributed by atoms with Crippen LogP contribution in [0.2, 0.25) is 0 Å². The molecular weight excluding hydrogens is 428 g/mol. The summed E-state index contributed by atoms with van der Waals surface area (Å²) in [6.07, 6.45) is 1.58. The lowest BCUT2D eigenvalue weighted by Gasteiger charge is -2.43. The number of carbonyl (C=O) groups excluding carboxylic acids is 1. The number of thioether (sulfide) groups is 1.